The predicted molar refractivity (Wildman–Crippen MR) is 109 cm³/mol. The zero-order chi connectivity index (χ0) is 20.8. The lowest BCUT2D eigenvalue weighted by Gasteiger charge is -2.14. The second-order valence-corrected chi connectivity index (χ2v) is 8.00. The van der Waals surface area contributed by atoms with Crippen molar-refractivity contribution < 1.29 is 23.9 Å². The Morgan fingerprint density at radius 2 is 1.90 bits per heavy atom. The van der Waals surface area contributed by atoms with E-state index in [1.54, 1.807) is 18.3 Å². The summed E-state index contributed by atoms with van der Waals surface area (Å²) in [5, 5.41) is 3.22. The summed E-state index contributed by atoms with van der Waals surface area (Å²) in [5.74, 6) is -1.59. The number of aryl methyl sites for hydroxylation is 1. The van der Waals surface area contributed by atoms with Gasteiger partial charge in [0.25, 0.3) is 5.91 Å². The van der Waals surface area contributed by atoms with Crippen molar-refractivity contribution in [2.45, 2.75) is 51.6 Å². The molecule has 3 rings (SSSR count). The minimum absolute atomic E-state index is 0.265. The van der Waals surface area contributed by atoms with Crippen LogP contribution in [0.5, 0.6) is 0 Å². The number of pyridine rings is 1. The molecule has 0 radical (unpaired) electrons. The van der Waals surface area contributed by atoms with Crippen LogP contribution in [0.25, 0.3) is 0 Å². The van der Waals surface area contributed by atoms with Crippen LogP contribution in [0, 0.1) is 0 Å². The Morgan fingerprint density at radius 3 is 2.59 bits per heavy atom. The molecule has 0 aromatic carbocycles. The Morgan fingerprint density at radius 1 is 1.14 bits per heavy atom. The molecule has 2 heterocycles. The summed E-state index contributed by atoms with van der Waals surface area (Å²) in [5.41, 5.74) is 1.66. The first-order valence-electron chi connectivity index (χ1n) is 9.66. The van der Waals surface area contributed by atoms with Crippen LogP contribution in [0.1, 0.15) is 63.8 Å². The van der Waals surface area contributed by atoms with Crippen LogP contribution in [0.4, 0.5) is 5.00 Å². The highest BCUT2D eigenvalue weighted by molar-refractivity contribution is 7.17. The number of nitrogens with one attached hydrogen (secondary N) is 1. The number of rotatable bonds is 5. The Kier molecular flexibility index (Phi) is 6.98. The van der Waals surface area contributed by atoms with E-state index >= 15 is 0 Å². The first kappa shape index (κ1) is 21.0. The van der Waals surface area contributed by atoms with Crippen LogP contribution in [0.2, 0.25) is 0 Å². The SMILES string of the molecule is COC(=O)c1c(NC(=O)C(C)OC(=O)c2cccnc2)sc2c1CCCCCC2. The zero-order valence-electron chi connectivity index (χ0n) is 16.5. The molecule has 0 spiro atoms. The summed E-state index contributed by atoms with van der Waals surface area (Å²) >= 11 is 1.41. The molecule has 1 aliphatic carbocycles. The van der Waals surface area contributed by atoms with Gasteiger partial charge in [0.2, 0.25) is 0 Å². The van der Waals surface area contributed by atoms with Gasteiger partial charge in [-0.2, -0.15) is 0 Å². The highest BCUT2D eigenvalue weighted by Gasteiger charge is 2.28. The zero-order valence-corrected chi connectivity index (χ0v) is 17.3. The van der Waals surface area contributed by atoms with E-state index in [9.17, 15) is 14.4 Å². The number of amides is 1. The third-order valence-corrected chi connectivity index (χ3v) is 6.06. The van der Waals surface area contributed by atoms with Crippen LogP contribution in [0.15, 0.2) is 24.5 Å². The third kappa shape index (κ3) is 5.00. The largest absolute Gasteiger partial charge is 0.465 e. The minimum atomic E-state index is -1.03. The second-order valence-electron chi connectivity index (χ2n) is 6.89. The summed E-state index contributed by atoms with van der Waals surface area (Å²) in [6.45, 7) is 1.49. The van der Waals surface area contributed by atoms with Gasteiger partial charge in [-0.25, -0.2) is 9.59 Å². The maximum atomic E-state index is 12.6. The molecule has 1 N–H and O–H groups in total. The van der Waals surface area contributed by atoms with E-state index in [2.05, 4.69) is 10.3 Å². The maximum Gasteiger partial charge on any atom is 0.341 e. The fourth-order valence-electron chi connectivity index (χ4n) is 3.30. The topological polar surface area (TPSA) is 94.6 Å². The molecule has 0 bridgehead atoms. The van der Waals surface area contributed by atoms with Gasteiger partial charge in [0.1, 0.15) is 5.00 Å². The molecule has 1 atom stereocenters. The van der Waals surface area contributed by atoms with Crippen LogP contribution >= 0.6 is 11.3 Å². The van der Waals surface area contributed by atoms with Crippen molar-refractivity contribution in [3.05, 3.63) is 46.1 Å². The fourth-order valence-corrected chi connectivity index (χ4v) is 4.58. The van der Waals surface area contributed by atoms with Crippen molar-refractivity contribution in [1.29, 1.82) is 0 Å². The van der Waals surface area contributed by atoms with Crippen LogP contribution < -0.4 is 5.32 Å². The molecule has 0 saturated heterocycles. The quantitative estimate of drug-likeness (QED) is 0.746. The van der Waals surface area contributed by atoms with Gasteiger partial charge in [0.15, 0.2) is 6.10 Å². The molecule has 1 unspecified atom stereocenters. The molecule has 8 heteroatoms. The number of aromatic nitrogens is 1. The van der Waals surface area contributed by atoms with E-state index in [1.165, 1.54) is 31.6 Å². The third-order valence-electron chi connectivity index (χ3n) is 4.85. The van der Waals surface area contributed by atoms with Crippen molar-refractivity contribution in [1.82, 2.24) is 4.98 Å². The number of carbonyl (C=O) groups is 3. The van der Waals surface area contributed by atoms with Gasteiger partial charge >= 0.3 is 11.9 Å². The number of thiophene rings is 1. The van der Waals surface area contributed by atoms with E-state index in [4.69, 9.17) is 9.47 Å². The highest BCUT2D eigenvalue weighted by atomic mass is 32.1. The minimum Gasteiger partial charge on any atom is -0.465 e. The second kappa shape index (κ2) is 9.65. The van der Waals surface area contributed by atoms with Crippen molar-refractivity contribution in [2.24, 2.45) is 0 Å². The van der Waals surface area contributed by atoms with E-state index < -0.39 is 23.9 Å². The van der Waals surface area contributed by atoms with Crippen molar-refractivity contribution in [3.63, 3.8) is 0 Å². The lowest BCUT2D eigenvalue weighted by atomic mass is 9.96. The summed E-state index contributed by atoms with van der Waals surface area (Å²) in [6.07, 6.45) is 7.90. The molecule has 0 saturated carbocycles. The molecule has 1 amide bonds. The monoisotopic (exact) mass is 416 g/mol. The van der Waals surface area contributed by atoms with Gasteiger partial charge in [-0.15, -0.1) is 11.3 Å². The van der Waals surface area contributed by atoms with Crippen LogP contribution in [0.3, 0.4) is 0 Å². The molecular weight excluding hydrogens is 392 g/mol. The number of methoxy groups -OCH3 is 1. The number of carbonyl (C=O) groups excluding carboxylic acids is 3. The Bertz CT molecular complexity index is 894. The van der Waals surface area contributed by atoms with Gasteiger partial charge in [0, 0.05) is 17.3 Å². The van der Waals surface area contributed by atoms with Gasteiger partial charge in [0.05, 0.1) is 18.2 Å². The standard InChI is InChI=1S/C21H24N2O5S/c1-13(28-20(25)14-8-7-11-22-12-14)18(24)23-19-17(21(26)27-2)15-9-5-3-4-6-10-16(15)29-19/h7-8,11-13H,3-6,9-10H2,1-2H3,(H,23,24). The van der Waals surface area contributed by atoms with Crippen molar-refractivity contribution >= 4 is 34.2 Å². The number of hydrogen-bond acceptors (Lipinski definition) is 7. The number of anilines is 1. The number of hydrogen-bond donors (Lipinski definition) is 1. The van der Waals surface area contributed by atoms with E-state index in [0.717, 1.165) is 49.0 Å². The number of nitrogens with zero attached hydrogens (tertiary/aromatic N) is 1. The molecule has 1 aliphatic rings. The molecule has 0 aliphatic heterocycles. The smallest absolute Gasteiger partial charge is 0.341 e. The molecule has 2 aromatic rings. The van der Waals surface area contributed by atoms with Crippen molar-refractivity contribution in [3.8, 4) is 0 Å². The van der Waals surface area contributed by atoms with Gasteiger partial charge < -0.3 is 14.8 Å². The normalized spacial score (nSPS) is 14.7. The van der Waals surface area contributed by atoms with E-state index in [0.29, 0.717) is 10.6 Å². The fraction of sp³-hybridized carbons (Fsp3) is 0.429. The van der Waals surface area contributed by atoms with Gasteiger partial charge in [-0.1, -0.05) is 12.8 Å². The number of fused-ring (bicyclic) bond motifs is 1. The number of ether oxygens (including phenoxy) is 2. The van der Waals surface area contributed by atoms with Gasteiger partial charge in [-0.3, -0.25) is 9.78 Å². The van der Waals surface area contributed by atoms with E-state index in [-0.39, 0.29) is 5.56 Å². The summed E-state index contributed by atoms with van der Waals surface area (Å²) < 4.78 is 10.2. The van der Waals surface area contributed by atoms with Crippen LogP contribution in [-0.2, 0) is 27.1 Å². The molecular formula is C21H24N2O5S. The Hall–Kier alpha value is -2.74. The predicted octanol–water partition coefficient (Wildman–Crippen LogP) is 3.77. The Balaban J connectivity index is 1.77. The first-order valence-corrected chi connectivity index (χ1v) is 10.5. The highest BCUT2D eigenvalue weighted by Crippen LogP contribution is 2.37. The average Bonchev–Trinajstić information content (AvgIpc) is 3.03. The summed E-state index contributed by atoms with van der Waals surface area (Å²) in [4.78, 5) is 42.2. The molecule has 154 valence electrons. The molecule has 29 heavy (non-hydrogen) atoms. The van der Waals surface area contributed by atoms with Crippen molar-refractivity contribution in [2.75, 3.05) is 12.4 Å². The molecule has 2 aromatic heterocycles. The van der Waals surface area contributed by atoms with Crippen LogP contribution in [-0.4, -0.2) is 36.0 Å². The molecule has 0 fully saturated rings. The maximum absolute atomic E-state index is 12.6. The first-order chi connectivity index (χ1) is 14.0. The molecule has 7 nitrogen and oxygen atoms in total. The van der Waals surface area contributed by atoms with E-state index in [1.807, 2.05) is 0 Å². The summed E-state index contributed by atoms with van der Waals surface area (Å²) in [7, 11) is 1.33. The summed E-state index contributed by atoms with van der Waals surface area (Å²) in [6, 6.07) is 3.18. The Labute approximate surface area is 173 Å². The number of esters is 2. The average molecular weight is 416 g/mol. The lowest BCUT2D eigenvalue weighted by Crippen LogP contribution is -2.30. The van der Waals surface area contributed by atoms with Gasteiger partial charge in [-0.05, 0) is 50.3 Å². The lowest BCUT2D eigenvalue weighted by molar-refractivity contribution is -0.123.